The van der Waals surface area contributed by atoms with E-state index in [0.29, 0.717) is 0 Å². The van der Waals surface area contributed by atoms with Crippen LogP contribution in [0, 0.1) is 0 Å². The molecule has 0 N–H and O–H groups in total. The molecule has 0 saturated carbocycles. The summed E-state index contributed by atoms with van der Waals surface area (Å²) in [7, 11) is 4.27. The highest BCUT2D eigenvalue weighted by Gasteiger charge is 2.41. The number of nitrogens with zero attached hydrogens (tertiary/aromatic N) is 3. The monoisotopic (exact) mass is 279 g/mol. The van der Waals surface area contributed by atoms with Gasteiger partial charge in [0.1, 0.15) is 11.7 Å². The third kappa shape index (κ3) is 2.61. The maximum atomic E-state index is 12.2. The van der Waals surface area contributed by atoms with Crippen molar-refractivity contribution in [3.63, 3.8) is 0 Å². The van der Waals surface area contributed by atoms with E-state index in [9.17, 15) is 19.2 Å². The summed E-state index contributed by atoms with van der Waals surface area (Å²) in [5.74, 6) is -2.35. The first kappa shape index (κ1) is 15.6. The minimum Gasteiger partial charge on any atom is -0.337 e. The number of carbonyl (C=O) groups is 4. The second-order valence-corrected chi connectivity index (χ2v) is 4.53. The molecule has 1 fully saturated rings. The van der Waals surface area contributed by atoms with Crippen LogP contribution in [0.4, 0.5) is 0 Å². The number of ketones is 1. The maximum Gasteiger partial charge on any atom is 0.292 e. The second kappa shape index (κ2) is 5.68. The van der Waals surface area contributed by atoms with E-state index in [1.165, 1.54) is 26.0 Å². The van der Waals surface area contributed by atoms with Gasteiger partial charge in [0.2, 0.25) is 11.7 Å². The molecule has 0 aliphatic carbocycles. The van der Waals surface area contributed by atoms with Crippen LogP contribution in [0.3, 0.4) is 0 Å². The van der Waals surface area contributed by atoms with E-state index >= 15 is 0 Å². The Morgan fingerprint density at radius 2 is 1.90 bits per heavy atom. The lowest BCUT2D eigenvalue weighted by atomic mass is 10.2. The topological polar surface area (TPSA) is 78.0 Å². The van der Waals surface area contributed by atoms with Gasteiger partial charge in [0.05, 0.1) is 0 Å². The van der Waals surface area contributed by atoms with Crippen LogP contribution in [-0.4, -0.2) is 71.9 Å². The molecular formula is C13H17N3O4. The molecule has 1 aliphatic rings. The van der Waals surface area contributed by atoms with Crippen molar-refractivity contribution in [2.45, 2.75) is 6.04 Å². The van der Waals surface area contributed by atoms with Crippen LogP contribution in [0.2, 0.25) is 0 Å². The molecule has 1 rings (SSSR count). The van der Waals surface area contributed by atoms with Gasteiger partial charge in [-0.1, -0.05) is 13.2 Å². The van der Waals surface area contributed by atoms with Crippen molar-refractivity contribution in [2.24, 2.45) is 0 Å². The zero-order valence-electron chi connectivity index (χ0n) is 11.8. The van der Waals surface area contributed by atoms with Crippen LogP contribution in [0.1, 0.15) is 0 Å². The van der Waals surface area contributed by atoms with Crippen molar-refractivity contribution in [1.82, 2.24) is 14.7 Å². The Kier molecular flexibility index (Phi) is 4.44. The summed E-state index contributed by atoms with van der Waals surface area (Å²) < 4.78 is 0. The van der Waals surface area contributed by atoms with Gasteiger partial charge in [-0.05, 0) is 6.08 Å². The fourth-order valence-corrected chi connectivity index (χ4v) is 1.81. The third-order valence-corrected chi connectivity index (χ3v) is 3.25. The number of hydrogen-bond acceptors (Lipinski definition) is 4. The van der Waals surface area contributed by atoms with Crippen molar-refractivity contribution in [2.75, 3.05) is 27.7 Å². The van der Waals surface area contributed by atoms with Crippen molar-refractivity contribution >= 4 is 23.5 Å². The number of likely N-dealkylation sites (tertiary alicyclic amines) is 1. The standard InChI is InChI=1S/C13H17N3O4/c1-6-10(17)15(4)8(2)12(19)16(5)9-7-14(3)13(20)11(9)18/h6,9H,1-2,7H2,3-5H3. The van der Waals surface area contributed by atoms with E-state index in [0.717, 1.165) is 15.9 Å². The first-order valence-corrected chi connectivity index (χ1v) is 5.87. The molecule has 1 aliphatic heterocycles. The fourth-order valence-electron chi connectivity index (χ4n) is 1.81. The zero-order chi connectivity index (χ0) is 15.6. The van der Waals surface area contributed by atoms with E-state index in [2.05, 4.69) is 13.2 Å². The molecule has 0 aromatic rings. The zero-order valence-corrected chi connectivity index (χ0v) is 11.8. The Morgan fingerprint density at radius 1 is 1.35 bits per heavy atom. The van der Waals surface area contributed by atoms with Crippen LogP contribution in [-0.2, 0) is 19.2 Å². The van der Waals surface area contributed by atoms with Crippen molar-refractivity contribution in [1.29, 1.82) is 0 Å². The average Bonchev–Trinajstić information content (AvgIpc) is 2.70. The molecule has 1 atom stereocenters. The molecule has 0 bridgehead atoms. The van der Waals surface area contributed by atoms with Gasteiger partial charge in [0.15, 0.2) is 0 Å². The lowest BCUT2D eigenvalue weighted by molar-refractivity contribution is -0.142. The average molecular weight is 279 g/mol. The summed E-state index contributed by atoms with van der Waals surface area (Å²) in [6.07, 6.45) is 1.05. The summed E-state index contributed by atoms with van der Waals surface area (Å²) in [4.78, 5) is 50.2. The Morgan fingerprint density at radius 3 is 2.30 bits per heavy atom. The first-order valence-electron chi connectivity index (χ1n) is 5.87. The second-order valence-electron chi connectivity index (χ2n) is 4.53. The molecule has 0 aromatic carbocycles. The first-order chi connectivity index (χ1) is 9.22. The predicted octanol–water partition coefficient (Wildman–Crippen LogP) is -0.987. The van der Waals surface area contributed by atoms with Gasteiger partial charge in [-0.15, -0.1) is 0 Å². The molecule has 7 heteroatoms. The molecule has 0 spiro atoms. The molecule has 3 amide bonds. The van der Waals surface area contributed by atoms with Crippen LogP contribution in [0.15, 0.2) is 24.9 Å². The Balaban J connectivity index is 2.85. The van der Waals surface area contributed by atoms with Crippen LogP contribution in [0.5, 0.6) is 0 Å². The summed E-state index contributed by atoms with van der Waals surface area (Å²) in [6.45, 7) is 6.98. The van der Waals surface area contributed by atoms with Gasteiger partial charge >= 0.3 is 0 Å². The van der Waals surface area contributed by atoms with E-state index < -0.39 is 29.5 Å². The van der Waals surface area contributed by atoms with Crippen molar-refractivity contribution in [3.8, 4) is 0 Å². The summed E-state index contributed by atoms with van der Waals surface area (Å²) >= 11 is 0. The SMILES string of the molecule is C=CC(=O)N(C)C(=C)C(=O)N(C)C1CN(C)C(=O)C1=O. The quantitative estimate of drug-likeness (QED) is 0.489. The summed E-state index contributed by atoms with van der Waals surface area (Å²) in [5, 5.41) is 0. The molecule has 108 valence electrons. The molecule has 7 nitrogen and oxygen atoms in total. The number of hydrogen-bond donors (Lipinski definition) is 0. The van der Waals surface area contributed by atoms with Crippen molar-refractivity contribution < 1.29 is 19.2 Å². The van der Waals surface area contributed by atoms with E-state index in [1.807, 2.05) is 0 Å². The lowest BCUT2D eigenvalue weighted by Gasteiger charge is -2.26. The summed E-state index contributed by atoms with van der Waals surface area (Å²) in [6, 6.07) is -0.857. The van der Waals surface area contributed by atoms with Gasteiger partial charge < -0.3 is 14.7 Å². The van der Waals surface area contributed by atoms with Crippen LogP contribution >= 0.6 is 0 Å². The number of rotatable bonds is 4. The predicted molar refractivity (Wildman–Crippen MR) is 71.3 cm³/mol. The Labute approximate surface area is 117 Å². The number of carbonyl (C=O) groups excluding carboxylic acids is 4. The highest BCUT2D eigenvalue weighted by molar-refractivity contribution is 6.40. The van der Waals surface area contributed by atoms with Crippen molar-refractivity contribution in [3.05, 3.63) is 24.9 Å². The lowest BCUT2D eigenvalue weighted by Crippen LogP contribution is -2.45. The normalized spacial score (nSPS) is 17.9. The molecule has 1 heterocycles. The highest BCUT2D eigenvalue weighted by atomic mass is 16.2. The Hall–Kier alpha value is -2.44. The summed E-state index contributed by atoms with van der Waals surface area (Å²) in [5.41, 5.74) is -0.0906. The van der Waals surface area contributed by atoms with Crippen LogP contribution in [0.25, 0.3) is 0 Å². The van der Waals surface area contributed by atoms with E-state index in [-0.39, 0.29) is 12.2 Å². The molecule has 0 radical (unpaired) electrons. The largest absolute Gasteiger partial charge is 0.337 e. The maximum absolute atomic E-state index is 12.2. The van der Waals surface area contributed by atoms with E-state index in [1.54, 1.807) is 0 Å². The highest BCUT2D eigenvalue weighted by Crippen LogP contribution is 2.14. The number of Topliss-reactive ketones (excluding diaryl/α,β-unsaturated/α-hetero) is 1. The number of amides is 3. The van der Waals surface area contributed by atoms with E-state index in [4.69, 9.17) is 0 Å². The van der Waals surface area contributed by atoms with Gasteiger partial charge in [-0.3, -0.25) is 19.2 Å². The molecule has 1 saturated heterocycles. The van der Waals surface area contributed by atoms with Gasteiger partial charge in [0.25, 0.3) is 11.8 Å². The van der Waals surface area contributed by atoms with Gasteiger partial charge in [-0.25, -0.2) is 0 Å². The third-order valence-electron chi connectivity index (χ3n) is 3.25. The fraction of sp³-hybridized carbons (Fsp3) is 0.385. The van der Waals surface area contributed by atoms with Gasteiger partial charge in [0, 0.05) is 27.7 Å². The van der Waals surface area contributed by atoms with Gasteiger partial charge in [-0.2, -0.15) is 0 Å². The molecule has 1 unspecified atom stereocenters. The molecule has 0 aromatic heterocycles. The Bertz CT molecular complexity index is 512. The number of likely N-dealkylation sites (N-methyl/N-ethyl adjacent to an activating group) is 3. The smallest absolute Gasteiger partial charge is 0.292 e. The van der Waals surface area contributed by atoms with Crippen LogP contribution < -0.4 is 0 Å². The minimum absolute atomic E-state index is 0.0906. The molecule has 20 heavy (non-hydrogen) atoms. The minimum atomic E-state index is -0.857. The molecular weight excluding hydrogens is 262 g/mol.